The highest BCUT2D eigenvalue weighted by molar-refractivity contribution is 6.33. The molecule has 0 spiro atoms. The first kappa shape index (κ1) is 15.1. The number of hydrogen-bond acceptors (Lipinski definition) is 2. The number of hydrogen-bond donors (Lipinski definition) is 0. The summed E-state index contributed by atoms with van der Waals surface area (Å²) in [6.07, 6.45) is 3.37. The molecule has 0 aliphatic carbocycles. The van der Waals surface area contributed by atoms with Crippen molar-refractivity contribution in [1.82, 2.24) is 0 Å². The van der Waals surface area contributed by atoms with Gasteiger partial charge in [-0.3, -0.25) is 4.79 Å². The summed E-state index contributed by atoms with van der Waals surface area (Å²) in [5.74, 6) is 0.0482. The van der Waals surface area contributed by atoms with Crippen molar-refractivity contribution in [3.05, 3.63) is 40.4 Å². The van der Waals surface area contributed by atoms with Crippen molar-refractivity contribution < 1.29 is 4.79 Å². The van der Waals surface area contributed by atoms with Gasteiger partial charge >= 0.3 is 0 Å². The molecule has 0 bridgehead atoms. The Morgan fingerprint density at radius 1 is 1.30 bits per heavy atom. The van der Waals surface area contributed by atoms with Crippen LogP contribution in [0.5, 0.6) is 0 Å². The smallest absolute Gasteiger partial charge is 0.159 e. The molecule has 1 aromatic rings. The molecular weight excluding hydrogens is 270 g/mol. The SMILES string of the molecule is CC(=O)c1ccc(N2CC=C(C(C)(C)C)CC2)c(Cl)c1. The summed E-state index contributed by atoms with van der Waals surface area (Å²) in [4.78, 5) is 13.6. The highest BCUT2D eigenvalue weighted by Crippen LogP contribution is 2.34. The molecule has 0 fully saturated rings. The number of nitrogens with zero attached hydrogens (tertiary/aromatic N) is 1. The minimum Gasteiger partial charge on any atom is -0.366 e. The predicted molar refractivity (Wildman–Crippen MR) is 85.8 cm³/mol. The number of rotatable bonds is 2. The average molecular weight is 292 g/mol. The Kier molecular flexibility index (Phi) is 4.24. The van der Waals surface area contributed by atoms with Crippen LogP contribution in [0, 0.1) is 5.41 Å². The molecule has 0 amide bonds. The van der Waals surface area contributed by atoms with E-state index in [1.807, 2.05) is 12.1 Å². The van der Waals surface area contributed by atoms with Gasteiger partial charge in [-0.2, -0.15) is 0 Å². The van der Waals surface area contributed by atoms with Crippen LogP contribution in [0.25, 0.3) is 0 Å². The second kappa shape index (κ2) is 5.61. The van der Waals surface area contributed by atoms with E-state index in [1.54, 1.807) is 13.0 Å². The van der Waals surface area contributed by atoms with Gasteiger partial charge in [0.1, 0.15) is 0 Å². The first-order chi connectivity index (χ1) is 9.29. The lowest BCUT2D eigenvalue weighted by molar-refractivity contribution is 0.101. The summed E-state index contributed by atoms with van der Waals surface area (Å²) >= 11 is 6.32. The van der Waals surface area contributed by atoms with Crippen LogP contribution in [0.3, 0.4) is 0 Å². The molecule has 0 saturated carbocycles. The van der Waals surface area contributed by atoms with Gasteiger partial charge in [-0.15, -0.1) is 0 Å². The van der Waals surface area contributed by atoms with Gasteiger partial charge in [0.05, 0.1) is 10.7 Å². The van der Waals surface area contributed by atoms with Crippen LogP contribution in [-0.4, -0.2) is 18.9 Å². The Balaban J connectivity index is 2.19. The fraction of sp³-hybridized carbons (Fsp3) is 0.471. The molecule has 2 rings (SSSR count). The van der Waals surface area contributed by atoms with Crippen LogP contribution in [-0.2, 0) is 0 Å². The van der Waals surface area contributed by atoms with Crippen LogP contribution in [0.1, 0.15) is 44.5 Å². The maximum absolute atomic E-state index is 11.4. The van der Waals surface area contributed by atoms with Gasteiger partial charge in [0.2, 0.25) is 0 Å². The lowest BCUT2D eigenvalue weighted by Crippen LogP contribution is -2.31. The summed E-state index contributed by atoms with van der Waals surface area (Å²) in [6.45, 7) is 10.2. The number of carbonyl (C=O) groups excluding carboxylic acids is 1. The van der Waals surface area contributed by atoms with Crippen molar-refractivity contribution in [1.29, 1.82) is 0 Å². The fourth-order valence-electron chi connectivity index (χ4n) is 2.55. The Labute approximate surface area is 126 Å². The normalized spacial score (nSPS) is 16.1. The van der Waals surface area contributed by atoms with E-state index in [-0.39, 0.29) is 11.2 Å². The van der Waals surface area contributed by atoms with Crippen LogP contribution < -0.4 is 4.90 Å². The van der Waals surface area contributed by atoms with Crippen LogP contribution in [0.15, 0.2) is 29.8 Å². The highest BCUT2D eigenvalue weighted by atomic mass is 35.5. The third kappa shape index (κ3) is 3.24. The zero-order chi connectivity index (χ0) is 14.9. The standard InChI is InChI=1S/C17H22ClNO/c1-12(20)13-5-6-16(15(18)11-13)19-9-7-14(8-10-19)17(2,3)4/h5-7,11H,8-10H2,1-4H3. The van der Waals surface area contributed by atoms with Crippen molar-refractivity contribution >= 4 is 23.1 Å². The van der Waals surface area contributed by atoms with Gasteiger partial charge in [-0.25, -0.2) is 0 Å². The van der Waals surface area contributed by atoms with Gasteiger partial charge in [0, 0.05) is 18.7 Å². The zero-order valence-corrected chi connectivity index (χ0v) is 13.4. The summed E-state index contributed by atoms with van der Waals surface area (Å²) < 4.78 is 0. The second-order valence-corrected chi connectivity index (χ2v) is 6.80. The fourth-order valence-corrected chi connectivity index (χ4v) is 2.85. The minimum atomic E-state index is 0.0482. The van der Waals surface area contributed by atoms with Gasteiger partial charge in [-0.1, -0.05) is 44.0 Å². The van der Waals surface area contributed by atoms with E-state index in [4.69, 9.17) is 11.6 Å². The summed E-state index contributed by atoms with van der Waals surface area (Å²) in [5, 5.41) is 0.658. The quantitative estimate of drug-likeness (QED) is 0.580. The molecule has 1 heterocycles. The molecule has 20 heavy (non-hydrogen) atoms. The zero-order valence-electron chi connectivity index (χ0n) is 12.7. The maximum atomic E-state index is 11.4. The predicted octanol–water partition coefficient (Wildman–Crippen LogP) is 4.73. The topological polar surface area (TPSA) is 20.3 Å². The molecule has 2 nitrogen and oxygen atoms in total. The van der Waals surface area contributed by atoms with Gasteiger partial charge in [0.15, 0.2) is 5.78 Å². The van der Waals surface area contributed by atoms with Crippen LogP contribution in [0.4, 0.5) is 5.69 Å². The highest BCUT2D eigenvalue weighted by Gasteiger charge is 2.22. The monoisotopic (exact) mass is 291 g/mol. The third-order valence-electron chi connectivity index (χ3n) is 3.87. The van der Waals surface area contributed by atoms with E-state index in [9.17, 15) is 4.79 Å². The van der Waals surface area contributed by atoms with Crippen LogP contribution in [0.2, 0.25) is 5.02 Å². The molecule has 1 aliphatic rings. The van der Waals surface area contributed by atoms with E-state index in [1.165, 1.54) is 5.57 Å². The minimum absolute atomic E-state index is 0.0482. The Morgan fingerprint density at radius 2 is 2.00 bits per heavy atom. The molecule has 1 aliphatic heterocycles. The van der Waals surface area contributed by atoms with Crippen molar-refractivity contribution in [2.45, 2.75) is 34.1 Å². The number of benzene rings is 1. The lowest BCUT2D eigenvalue weighted by atomic mass is 9.83. The average Bonchev–Trinajstić information content (AvgIpc) is 2.37. The molecule has 0 unspecified atom stereocenters. The van der Waals surface area contributed by atoms with Crippen LogP contribution >= 0.6 is 11.6 Å². The van der Waals surface area contributed by atoms with E-state index in [2.05, 4.69) is 31.7 Å². The molecule has 0 saturated heterocycles. The van der Waals surface area contributed by atoms with Crippen molar-refractivity contribution in [3.63, 3.8) is 0 Å². The molecule has 0 radical (unpaired) electrons. The van der Waals surface area contributed by atoms with E-state index < -0.39 is 0 Å². The van der Waals surface area contributed by atoms with E-state index >= 15 is 0 Å². The molecule has 0 atom stereocenters. The second-order valence-electron chi connectivity index (χ2n) is 6.40. The molecule has 0 aromatic heterocycles. The van der Waals surface area contributed by atoms with Crippen molar-refractivity contribution in [2.75, 3.05) is 18.0 Å². The number of ketones is 1. The van der Waals surface area contributed by atoms with Gasteiger partial charge < -0.3 is 4.90 Å². The van der Waals surface area contributed by atoms with Gasteiger partial charge in [0.25, 0.3) is 0 Å². The van der Waals surface area contributed by atoms with E-state index in [0.717, 1.165) is 25.2 Å². The molecule has 3 heteroatoms. The maximum Gasteiger partial charge on any atom is 0.159 e. The molecule has 0 N–H and O–H groups in total. The lowest BCUT2D eigenvalue weighted by Gasteiger charge is -2.34. The summed E-state index contributed by atoms with van der Waals surface area (Å²) in [7, 11) is 0. The Hall–Kier alpha value is -1.28. The van der Waals surface area contributed by atoms with Gasteiger partial charge in [-0.05, 0) is 37.0 Å². The largest absolute Gasteiger partial charge is 0.366 e. The summed E-state index contributed by atoms with van der Waals surface area (Å²) in [6, 6.07) is 5.57. The number of carbonyl (C=O) groups is 1. The van der Waals surface area contributed by atoms with Crippen molar-refractivity contribution in [2.24, 2.45) is 5.41 Å². The molecule has 108 valence electrons. The number of halogens is 1. The Bertz CT molecular complexity index is 555. The van der Waals surface area contributed by atoms with Crippen molar-refractivity contribution in [3.8, 4) is 0 Å². The molecule has 1 aromatic carbocycles. The summed E-state index contributed by atoms with van der Waals surface area (Å²) in [5.41, 5.74) is 3.43. The van der Waals surface area contributed by atoms with E-state index in [0.29, 0.717) is 10.6 Å². The first-order valence-corrected chi connectivity index (χ1v) is 7.42. The first-order valence-electron chi connectivity index (χ1n) is 7.04. The number of anilines is 1. The number of Topliss-reactive ketones (excluding diaryl/α,β-unsaturated/α-hetero) is 1. The third-order valence-corrected chi connectivity index (χ3v) is 4.17. The Morgan fingerprint density at radius 3 is 2.45 bits per heavy atom. The molecular formula is C17H22ClNO.